The lowest BCUT2D eigenvalue weighted by atomic mass is 10.1. The first-order valence-electron chi connectivity index (χ1n) is 12.9. The lowest BCUT2D eigenvalue weighted by Crippen LogP contribution is -2.32. The summed E-state index contributed by atoms with van der Waals surface area (Å²) in [6.45, 7) is 3.71. The molecule has 44 heavy (non-hydrogen) atoms. The second-order valence-corrected chi connectivity index (χ2v) is 10.3. The number of carbonyl (C=O) groups excluding carboxylic acids is 2. The predicted molar refractivity (Wildman–Crippen MR) is 159 cm³/mol. The van der Waals surface area contributed by atoms with Gasteiger partial charge in [-0.1, -0.05) is 36.0 Å². The number of urea groups is 1. The van der Waals surface area contributed by atoms with Crippen LogP contribution in [0.4, 0.5) is 23.7 Å². The average Bonchev–Trinajstić information content (AvgIpc) is 3.60. The highest BCUT2D eigenvalue weighted by Gasteiger charge is 2.33. The normalized spacial score (nSPS) is 14.5. The molecule has 2 heterocycles. The molecule has 0 radical (unpaired) electrons. The van der Waals surface area contributed by atoms with E-state index < -0.39 is 12.4 Å². The van der Waals surface area contributed by atoms with E-state index in [-0.39, 0.29) is 22.6 Å². The van der Waals surface area contributed by atoms with Crippen LogP contribution in [0, 0.1) is 13.8 Å². The van der Waals surface area contributed by atoms with Crippen LogP contribution in [-0.4, -0.2) is 57.3 Å². The van der Waals surface area contributed by atoms with E-state index in [1.807, 2.05) is 26.0 Å². The monoisotopic (exact) mass is 623 g/mol. The second kappa shape index (κ2) is 12.6. The number of halogens is 3. The number of ether oxygens (including phenoxy) is 2. The molecule has 0 unspecified atom stereocenters. The summed E-state index contributed by atoms with van der Waals surface area (Å²) < 4.78 is 47.8. The number of aryl methyl sites for hydroxylation is 2. The van der Waals surface area contributed by atoms with Gasteiger partial charge in [0.2, 0.25) is 5.91 Å². The van der Waals surface area contributed by atoms with Crippen molar-refractivity contribution in [1.29, 1.82) is 0 Å². The highest BCUT2D eigenvalue weighted by Crippen LogP contribution is 2.34. The number of amides is 3. The van der Waals surface area contributed by atoms with Gasteiger partial charge in [0.15, 0.2) is 11.0 Å². The zero-order chi connectivity index (χ0) is 31.4. The Balaban J connectivity index is 1.21. The van der Waals surface area contributed by atoms with Gasteiger partial charge in [0.1, 0.15) is 17.8 Å². The second-order valence-electron chi connectivity index (χ2n) is 9.37. The summed E-state index contributed by atoms with van der Waals surface area (Å²) in [5.41, 5.74) is 6.47. The van der Waals surface area contributed by atoms with Gasteiger partial charge in [-0.2, -0.15) is 10.1 Å². The fraction of sp³-hybridized carbons (Fsp3) is 0.172. The number of alkyl halides is 3. The molecule has 0 spiro atoms. The Morgan fingerprint density at radius 3 is 2.36 bits per heavy atom. The van der Waals surface area contributed by atoms with Gasteiger partial charge in [-0.15, -0.1) is 18.3 Å². The minimum atomic E-state index is -4.77. The third-order valence-electron chi connectivity index (χ3n) is 6.26. The number of carbonyl (C=O) groups is 2. The molecular weight excluding hydrogens is 599 g/mol. The highest BCUT2D eigenvalue weighted by atomic mass is 32.2. The van der Waals surface area contributed by atoms with Gasteiger partial charge in [0.05, 0.1) is 30.5 Å². The van der Waals surface area contributed by atoms with Gasteiger partial charge >= 0.3 is 12.4 Å². The van der Waals surface area contributed by atoms with Crippen LogP contribution in [0.3, 0.4) is 0 Å². The number of amidine groups is 1. The van der Waals surface area contributed by atoms with Crippen LogP contribution in [0.25, 0.3) is 17.1 Å². The molecule has 0 aliphatic carbocycles. The smallest absolute Gasteiger partial charge is 0.497 e. The van der Waals surface area contributed by atoms with Crippen LogP contribution in [0.5, 0.6) is 11.5 Å². The Morgan fingerprint density at radius 2 is 1.73 bits per heavy atom. The molecule has 1 aliphatic rings. The Hall–Kier alpha value is -5.18. The van der Waals surface area contributed by atoms with Crippen LogP contribution in [0.2, 0.25) is 0 Å². The van der Waals surface area contributed by atoms with E-state index >= 15 is 0 Å². The number of thioether (sulfide) groups is 1. The number of hydrogen-bond donors (Lipinski definition) is 1. The topological polar surface area (TPSA) is 123 Å². The molecule has 1 saturated heterocycles. The lowest BCUT2D eigenvalue weighted by Gasteiger charge is -2.21. The zero-order valence-corrected chi connectivity index (χ0v) is 24.3. The lowest BCUT2D eigenvalue weighted by molar-refractivity contribution is -0.274. The number of aromatic nitrogens is 3. The van der Waals surface area contributed by atoms with Crippen LogP contribution in [0.1, 0.15) is 16.7 Å². The minimum absolute atomic E-state index is 0.156. The molecule has 0 bridgehead atoms. The first-order chi connectivity index (χ1) is 21.0. The number of benzene rings is 3. The van der Waals surface area contributed by atoms with Crippen molar-refractivity contribution >= 4 is 40.8 Å². The number of nitrogens with one attached hydrogen (secondary N) is 1. The molecule has 3 amide bonds. The van der Waals surface area contributed by atoms with E-state index in [1.165, 1.54) is 46.4 Å². The van der Waals surface area contributed by atoms with E-state index in [0.717, 1.165) is 22.9 Å². The van der Waals surface area contributed by atoms with Crippen molar-refractivity contribution in [3.8, 4) is 28.6 Å². The van der Waals surface area contributed by atoms with Crippen LogP contribution < -0.4 is 19.8 Å². The number of anilines is 1. The Bertz CT molecular complexity index is 1730. The Kier molecular flexibility index (Phi) is 8.66. The molecule has 15 heteroatoms. The maximum Gasteiger partial charge on any atom is 0.573 e. The van der Waals surface area contributed by atoms with Crippen molar-refractivity contribution in [3.05, 3.63) is 83.7 Å². The summed E-state index contributed by atoms with van der Waals surface area (Å²) >= 11 is 1.16. The van der Waals surface area contributed by atoms with Crippen LogP contribution >= 0.6 is 11.8 Å². The molecule has 11 nitrogen and oxygen atoms in total. The summed E-state index contributed by atoms with van der Waals surface area (Å²) in [5.74, 6) is 0.691. The summed E-state index contributed by atoms with van der Waals surface area (Å²) in [4.78, 5) is 34.9. The average molecular weight is 624 g/mol. The fourth-order valence-electron chi connectivity index (χ4n) is 4.36. The molecule has 5 rings (SSSR count). The Morgan fingerprint density at radius 1 is 1.05 bits per heavy atom. The van der Waals surface area contributed by atoms with Crippen molar-refractivity contribution in [2.75, 3.05) is 17.8 Å². The zero-order valence-electron chi connectivity index (χ0n) is 23.5. The molecule has 0 atom stereocenters. The maximum atomic E-state index is 12.7. The molecule has 3 aromatic carbocycles. The molecule has 0 saturated carbocycles. The number of hydrazone groups is 1. The standard InChI is InChI=1S/C29H24F3N7O4S/c1-17-12-23(42-3)13-18(2)25(17)39-24(40)15-44-28(39)35-27(41)36-34-14-19-4-6-20(7-5-19)26-33-16-38(37-26)21-8-10-22(11-9-21)43-29(30,31)32/h4-14,16H,15H2,1-3H3,(H,36,41)/b34-14+,35-28?. The fourth-order valence-corrected chi connectivity index (χ4v) is 5.22. The van der Waals surface area contributed by atoms with E-state index in [0.29, 0.717) is 34.1 Å². The summed E-state index contributed by atoms with van der Waals surface area (Å²) in [6.07, 6.45) is -1.90. The SMILES string of the molecule is COc1cc(C)c(N2C(=O)CSC2=NC(=O)N/N=C/c2ccc(-c3ncn(-c4ccc(OC(F)(F)F)cc4)n3)cc2)c(C)c1. The van der Waals surface area contributed by atoms with Crippen molar-refractivity contribution in [1.82, 2.24) is 20.2 Å². The third-order valence-corrected chi connectivity index (χ3v) is 7.18. The summed E-state index contributed by atoms with van der Waals surface area (Å²) in [5, 5.41) is 8.58. The van der Waals surface area contributed by atoms with Gasteiger partial charge < -0.3 is 9.47 Å². The predicted octanol–water partition coefficient (Wildman–Crippen LogP) is 5.64. The van der Waals surface area contributed by atoms with Gasteiger partial charge in [0.25, 0.3) is 0 Å². The number of nitrogens with zero attached hydrogens (tertiary/aromatic N) is 6. The van der Waals surface area contributed by atoms with Gasteiger partial charge in [-0.25, -0.2) is 19.9 Å². The molecular formula is C29H24F3N7O4S. The largest absolute Gasteiger partial charge is 0.573 e. The van der Waals surface area contributed by atoms with Crippen LogP contribution in [-0.2, 0) is 4.79 Å². The molecule has 1 fully saturated rings. The quantitative estimate of drug-likeness (QED) is 0.209. The van der Waals surface area contributed by atoms with E-state index in [9.17, 15) is 22.8 Å². The number of rotatable bonds is 7. The van der Waals surface area contributed by atoms with Gasteiger partial charge in [-0.3, -0.25) is 9.69 Å². The van der Waals surface area contributed by atoms with Crippen molar-refractivity contribution in [3.63, 3.8) is 0 Å². The molecule has 1 aromatic heterocycles. The molecule has 1 N–H and O–H groups in total. The van der Waals surface area contributed by atoms with E-state index in [4.69, 9.17) is 4.74 Å². The van der Waals surface area contributed by atoms with Gasteiger partial charge in [0, 0.05) is 5.56 Å². The summed E-state index contributed by atoms with van der Waals surface area (Å²) in [6, 6.07) is 15.1. The maximum absolute atomic E-state index is 12.7. The molecule has 4 aromatic rings. The molecule has 226 valence electrons. The Labute approximate surface area is 253 Å². The van der Waals surface area contributed by atoms with Crippen molar-refractivity contribution in [2.45, 2.75) is 20.2 Å². The van der Waals surface area contributed by atoms with E-state index in [1.54, 1.807) is 31.4 Å². The first kappa shape index (κ1) is 30.3. The number of aliphatic imine (C=N–C) groups is 1. The summed E-state index contributed by atoms with van der Waals surface area (Å²) in [7, 11) is 1.57. The van der Waals surface area contributed by atoms with Crippen molar-refractivity contribution in [2.24, 2.45) is 10.1 Å². The van der Waals surface area contributed by atoms with Crippen LogP contribution in [0.15, 0.2) is 77.1 Å². The minimum Gasteiger partial charge on any atom is -0.497 e. The first-order valence-corrected chi connectivity index (χ1v) is 13.9. The van der Waals surface area contributed by atoms with E-state index in [2.05, 4.69) is 30.3 Å². The van der Waals surface area contributed by atoms with Crippen molar-refractivity contribution < 1.29 is 32.2 Å². The highest BCUT2D eigenvalue weighted by molar-refractivity contribution is 8.15. The van der Waals surface area contributed by atoms with Gasteiger partial charge in [-0.05, 0) is 66.9 Å². The number of methoxy groups -OCH3 is 1. The number of hydrogen-bond acceptors (Lipinski definition) is 8. The third kappa shape index (κ3) is 7.06. The molecule has 1 aliphatic heterocycles.